The highest BCUT2D eigenvalue weighted by Gasteiger charge is 2.13. The van der Waals surface area contributed by atoms with Crippen molar-refractivity contribution in [2.24, 2.45) is 0 Å². The molecule has 0 fully saturated rings. The van der Waals surface area contributed by atoms with Crippen LogP contribution in [0.3, 0.4) is 0 Å². The van der Waals surface area contributed by atoms with Gasteiger partial charge >= 0.3 is 0 Å². The Morgan fingerprint density at radius 2 is 1.81 bits per heavy atom. The van der Waals surface area contributed by atoms with Crippen molar-refractivity contribution >= 4 is 23.1 Å². The van der Waals surface area contributed by atoms with Gasteiger partial charge in [0.05, 0.1) is 0 Å². The van der Waals surface area contributed by atoms with Gasteiger partial charge in [0.15, 0.2) is 0 Å². The van der Waals surface area contributed by atoms with E-state index in [2.05, 4.69) is 56.0 Å². The standard InChI is InChI=1S/C20H18O/c1-4-7-19-16(5-2)18-9-6-8-17(20(18)21-19)15-12-10-14(3)11-13-15/h4-13H,2H2,1,3H3/b7-4-. The summed E-state index contributed by atoms with van der Waals surface area (Å²) in [5, 5.41) is 1.11. The molecule has 1 heteroatoms. The van der Waals surface area contributed by atoms with Gasteiger partial charge in [-0.05, 0) is 25.5 Å². The molecule has 0 bridgehead atoms. The zero-order chi connectivity index (χ0) is 14.8. The summed E-state index contributed by atoms with van der Waals surface area (Å²) < 4.78 is 6.09. The summed E-state index contributed by atoms with van der Waals surface area (Å²) >= 11 is 0. The number of hydrogen-bond donors (Lipinski definition) is 0. The van der Waals surface area contributed by atoms with Crippen molar-refractivity contribution in [3.05, 3.63) is 72.0 Å². The van der Waals surface area contributed by atoms with Gasteiger partial charge in [-0.3, -0.25) is 0 Å². The van der Waals surface area contributed by atoms with E-state index < -0.39 is 0 Å². The van der Waals surface area contributed by atoms with E-state index in [1.54, 1.807) is 0 Å². The molecule has 2 aromatic carbocycles. The van der Waals surface area contributed by atoms with Crippen LogP contribution in [0.4, 0.5) is 0 Å². The molecule has 0 saturated carbocycles. The molecule has 0 radical (unpaired) electrons. The zero-order valence-electron chi connectivity index (χ0n) is 12.4. The van der Waals surface area contributed by atoms with E-state index in [0.29, 0.717) is 0 Å². The Labute approximate surface area is 125 Å². The highest BCUT2D eigenvalue weighted by atomic mass is 16.3. The highest BCUT2D eigenvalue weighted by Crippen LogP contribution is 2.35. The summed E-state index contributed by atoms with van der Waals surface area (Å²) in [7, 11) is 0. The first-order chi connectivity index (χ1) is 10.2. The van der Waals surface area contributed by atoms with Crippen LogP contribution in [0.25, 0.3) is 34.2 Å². The average molecular weight is 274 g/mol. The van der Waals surface area contributed by atoms with E-state index >= 15 is 0 Å². The number of para-hydroxylation sites is 1. The predicted molar refractivity (Wildman–Crippen MR) is 91.2 cm³/mol. The molecule has 0 saturated heterocycles. The van der Waals surface area contributed by atoms with Gasteiger partial charge in [0.25, 0.3) is 0 Å². The van der Waals surface area contributed by atoms with Crippen molar-refractivity contribution in [1.29, 1.82) is 0 Å². The monoisotopic (exact) mass is 274 g/mol. The first-order valence-corrected chi connectivity index (χ1v) is 7.12. The lowest BCUT2D eigenvalue weighted by Gasteiger charge is -2.03. The fraction of sp³-hybridized carbons (Fsp3) is 0.100. The second kappa shape index (κ2) is 5.45. The van der Waals surface area contributed by atoms with Crippen molar-refractivity contribution < 1.29 is 4.42 Å². The minimum absolute atomic E-state index is 0.863. The Hall–Kier alpha value is -2.54. The number of rotatable bonds is 3. The van der Waals surface area contributed by atoms with E-state index in [1.807, 2.05) is 25.2 Å². The maximum absolute atomic E-state index is 6.09. The van der Waals surface area contributed by atoms with Crippen LogP contribution in [0.2, 0.25) is 0 Å². The molecule has 0 unspecified atom stereocenters. The lowest BCUT2D eigenvalue weighted by molar-refractivity contribution is 0.604. The van der Waals surface area contributed by atoms with E-state index in [-0.39, 0.29) is 0 Å². The minimum Gasteiger partial charge on any atom is -0.455 e. The molecule has 3 aromatic rings. The lowest BCUT2D eigenvalue weighted by atomic mass is 10.0. The SMILES string of the molecule is C=Cc1c(/C=C\C)oc2c(-c3ccc(C)cc3)cccc12. The molecule has 0 amide bonds. The van der Waals surface area contributed by atoms with Crippen LogP contribution in [0.5, 0.6) is 0 Å². The molecule has 1 heterocycles. The summed E-state index contributed by atoms with van der Waals surface area (Å²) in [4.78, 5) is 0. The number of aryl methyl sites for hydroxylation is 1. The number of allylic oxidation sites excluding steroid dienone is 1. The Morgan fingerprint density at radius 3 is 2.48 bits per heavy atom. The molecule has 3 rings (SSSR count). The molecule has 1 aromatic heterocycles. The van der Waals surface area contributed by atoms with Crippen LogP contribution in [-0.2, 0) is 0 Å². The molecule has 1 nitrogen and oxygen atoms in total. The molecule has 21 heavy (non-hydrogen) atoms. The van der Waals surface area contributed by atoms with Crippen LogP contribution < -0.4 is 0 Å². The number of fused-ring (bicyclic) bond motifs is 1. The van der Waals surface area contributed by atoms with Gasteiger partial charge in [-0.15, -0.1) is 0 Å². The smallest absolute Gasteiger partial charge is 0.143 e. The summed E-state index contributed by atoms with van der Waals surface area (Å²) in [6.45, 7) is 8.00. The van der Waals surface area contributed by atoms with Crippen LogP contribution in [0.15, 0.2) is 59.5 Å². The summed E-state index contributed by atoms with van der Waals surface area (Å²) in [6.07, 6.45) is 5.83. The maximum Gasteiger partial charge on any atom is 0.143 e. The fourth-order valence-corrected chi connectivity index (χ4v) is 2.60. The van der Waals surface area contributed by atoms with Crippen LogP contribution >= 0.6 is 0 Å². The molecular weight excluding hydrogens is 256 g/mol. The van der Waals surface area contributed by atoms with E-state index in [0.717, 1.165) is 27.9 Å². The molecule has 0 aliphatic heterocycles. The van der Waals surface area contributed by atoms with Crippen molar-refractivity contribution in [2.75, 3.05) is 0 Å². The Morgan fingerprint density at radius 1 is 1.05 bits per heavy atom. The largest absolute Gasteiger partial charge is 0.455 e. The number of benzene rings is 2. The highest BCUT2D eigenvalue weighted by molar-refractivity contribution is 5.99. The third-order valence-electron chi connectivity index (χ3n) is 3.67. The quantitative estimate of drug-likeness (QED) is 0.563. The van der Waals surface area contributed by atoms with Gasteiger partial charge < -0.3 is 4.42 Å². The van der Waals surface area contributed by atoms with E-state index in [9.17, 15) is 0 Å². The van der Waals surface area contributed by atoms with Gasteiger partial charge in [-0.2, -0.15) is 0 Å². The summed E-state index contributed by atoms with van der Waals surface area (Å²) in [5.74, 6) is 0.863. The molecule has 0 spiro atoms. The Bertz CT molecular complexity index is 817. The van der Waals surface area contributed by atoms with Gasteiger partial charge in [0.1, 0.15) is 11.3 Å². The van der Waals surface area contributed by atoms with Gasteiger partial charge in [0.2, 0.25) is 0 Å². The first kappa shape index (κ1) is 13.4. The van der Waals surface area contributed by atoms with Crippen molar-refractivity contribution in [2.45, 2.75) is 13.8 Å². The van der Waals surface area contributed by atoms with Crippen LogP contribution in [0, 0.1) is 6.92 Å². The maximum atomic E-state index is 6.09. The number of hydrogen-bond acceptors (Lipinski definition) is 1. The normalized spacial score (nSPS) is 11.3. The van der Waals surface area contributed by atoms with Crippen LogP contribution in [0.1, 0.15) is 23.8 Å². The molecular formula is C20H18O. The predicted octanol–water partition coefficient (Wildman–Crippen LogP) is 6.08. The molecule has 0 aliphatic rings. The van der Waals surface area contributed by atoms with Gasteiger partial charge in [-0.1, -0.05) is 66.8 Å². The summed E-state index contributed by atoms with van der Waals surface area (Å²) in [5.41, 5.74) is 5.52. The molecule has 0 aliphatic carbocycles. The Balaban J connectivity index is 2.29. The first-order valence-electron chi connectivity index (χ1n) is 7.12. The van der Waals surface area contributed by atoms with Gasteiger partial charge in [-0.25, -0.2) is 0 Å². The number of furan rings is 1. The van der Waals surface area contributed by atoms with Crippen molar-refractivity contribution in [1.82, 2.24) is 0 Å². The summed E-state index contributed by atoms with van der Waals surface area (Å²) in [6, 6.07) is 14.8. The van der Waals surface area contributed by atoms with Crippen LogP contribution in [-0.4, -0.2) is 0 Å². The minimum atomic E-state index is 0.863. The second-order valence-electron chi connectivity index (χ2n) is 5.13. The van der Waals surface area contributed by atoms with Crippen molar-refractivity contribution in [3.8, 4) is 11.1 Å². The molecule has 0 atom stereocenters. The third-order valence-corrected chi connectivity index (χ3v) is 3.67. The molecule has 104 valence electrons. The van der Waals surface area contributed by atoms with Crippen molar-refractivity contribution in [3.63, 3.8) is 0 Å². The lowest BCUT2D eigenvalue weighted by Crippen LogP contribution is -1.79. The van der Waals surface area contributed by atoms with E-state index in [1.165, 1.54) is 11.1 Å². The van der Waals surface area contributed by atoms with Gasteiger partial charge in [0, 0.05) is 16.5 Å². The third kappa shape index (κ3) is 2.31. The zero-order valence-corrected chi connectivity index (χ0v) is 12.4. The Kier molecular flexibility index (Phi) is 3.49. The average Bonchev–Trinajstić information content (AvgIpc) is 2.85. The second-order valence-corrected chi connectivity index (χ2v) is 5.13. The fourth-order valence-electron chi connectivity index (χ4n) is 2.60. The van der Waals surface area contributed by atoms with E-state index in [4.69, 9.17) is 4.42 Å². The topological polar surface area (TPSA) is 13.1 Å². The molecule has 0 N–H and O–H groups in total.